The molecule has 0 bridgehead atoms. The molecular formula is C11H11F2NO. The highest BCUT2D eigenvalue weighted by Gasteiger charge is 2.09. The first-order valence-electron chi connectivity index (χ1n) is 4.36. The van der Waals surface area contributed by atoms with Crippen LogP contribution < -0.4 is 0 Å². The van der Waals surface area contributed by atoms with Crippen molar-refractivity contribution >= 4 is 5.91 Å². The molecule has 0 fully saturated rings. The van der Waals surface area contributed by atoms with Gasteiger partial charge in [-0.1, -0.05) is 12.6 Å². The van der Waals surface area contributed by atoms with Gasteiger partial charge in [0.05, 0.1) is 0 Å². The largest absolute Gasteiger partial charge is 0.338 e. The van der Waals surface area contributed by atoms with Crippen LogP contribution in [0, 0.1) is 11.6 Å². The monoisotopic (exact) mass is 211 g/mol. The molecule has 0 unspecified atom stereocenters. The standard InChI is InChI=1S/C11H11F2NO/c1-3-11(15)14(2)7-8-4-5-9(12)6-10(8)13/h3-6H,1,7H2,2H3. The fraction of sp³-hybridized carbons (Fsp3) is 0.182. The molecule has 0 aromatic heterocycles. The summed E-state index contributed by atoms with van der Waals surface area (Å²) in [4.78, 5) is 12.4. The smallest absolute Gasteiger partial charge is 0.245 e. The summed E-state index contributed by atoms with van der Waals surface area (Å²) in [7, 11) is 1.52. The van der Waals surface area contributed by atoms with Crippen LogP contribution in [-0.4, -0.2) is 17.9 Å². The molecule has 4 heteroatoms. The van der Waals surface area contributed by atoms with Crippen LogP contribution in [-0.2, 0) is 11.3 Å². The van der Waals surface area contributed by atoms with Gasteiger partial charge in [0.25, 0.3) is 0 Å². The van der Waals surface area contributed by atoms with Gasteiger partial charge in [0, 0.05) is 25.2 Å². The van der Waals surface area contributed by atoms with Gasteiger partial charge in [0.15, 0.2) is 0 Å². The number of carbonyl (C=O) groups excluding carboxylic acids is 1. The van der Waals surface area contributed by atoms with E-state index in [9.17, 15) is 13.6 Å². The molecule has 0 atom stereocenters. The van der Waals surface area contributed by atoms with Crippen molar-refractivity contribution in [3.8, 4) is 0 Å². The van der Waals surface area contributed by atoms with Gasteiger partial charge in [-0.3, -0.25) is 4.79 Å². The fourth-order valence-corrected chi connectivity index (χ4v) is 1.14. The Hall–Kier alpha value is -1.71. The van der Waals surface area contributed by atoms with Crippen molar-refractivity contribution in [1.82, 2.24) is 4.90 Å². The minimum absolute atomic E-state index is 0.0942. The third kappa shape index (κ3) is 2.87. The molecule has 1 aromatic rings. The molecule has 0 heterocycles. The Morgan fingerprint density at radius 2 is 2.20 bits per heavy atom. The second-order valence-corrected chi connectivity index (χ2v) is 3.13. The van der Waals surface area contributed by atoms with E-state index in [1.165, 1.54) is 18.0 Å². The lowest BCUT2D eigenvalue weighted by Gasteiger charge is -2.15. The summed E-state index contributed by atoms with van der Waals surface area (Å²) in [6.45, 7) is 3.41. The van der Waals surface area contributed by atoms with E-state index in [-0.39, 0.29) is 18.0 Å². The van der Waals surface area contributed by atoms with Crippen molar-refractivity contribution in [3.05, 3.63) is 48.1 Å². The topological polar surface area (TPSA) is 20.3 Å². The molecule has 1 rings (SSSR count). The average Bonchev–Trinajstić information content (AvgIpc) is 2.20. The van der Waals surface area contributed by atoms with Gasteiger partial charge < -0.3 is 4.90 Å². The SMILES string of the molecule is C=CC(=O)N(C)Cc1ccc(F)cc1F. The number of amides is 1. The molecule has 15 heavy (non-hydrogen) atoms. The van der Waals surface area contributed by atoms with Crippen molar-refractivity contribution in [3.63, 3.8) is 0 Å². The van der Waals surface area contributed by atoms with Crippen molar-refractivity contribution in [1.29, 1.82) is 0 Å². The molecule has 0 N–H and O–H groups in total. The van der Waals surface area contributed by atoms with E-state index in [0.717, 1.165) is 18.2 Å². The van der Waals surface area contributed by atoms with E-state index in [1.807, 2.05) is 0 Å². The molecule has 0 aliphatic rings. The highest BCUT2D eigenvalue weighted by Crippen LogP contribution is 2.11. The maximum atomic E-state index is 13.2. The average molecular weight is 211 g/mol. The molecule has 0 spiro atoms. The summed E-state index contributed by atoms with van der Waals surface area (Å²) in [5, 5.41) is 0. The normalized spacial score (nSPS) is 9.80. The van der Waals surface area contributed by atoms with Gasteiger partial charge >= 0.3 is 0 Å². The predicted octanol–water partition coefficient (Wildman–Crippen LogP) is 2.11. The Balaban J connectivity index is 2.81. The van der Waals surface area contributed by atoms with Gasteiger partial charge in [-0.05, 0) is 12.1 Å². The molecule has 0 aliphatic heterocycles. The third-order valence-corrected chi connectivity index (χ3v) is 1.97. The summed E-state index contributed by atoms with van der Waals surface area (Å²) < 4.78 is 25.7. The van der Waals surface area contributed by atoms with Crippen molar-refractivity contribution in [2.45, 2.75) is 6.54 Å². The van der Waals surface area contributed by atoms with E-state index < -0.39 is 11.6 Å². The highest BCUT2D eigenvalue weighted by atomic mass is 19.1. The Labute approximate surface area is 86.8 Å². The minimum atomic E-state index is -0.654. The zero-order valence-corrected chi connectivity index (χ0v) is 8.34. The van der Waals surface area contributed by atoms with E-state index >= 15 is 0 Å². The van der Waals surface area contributed by atoms with Gasteiger partial charge in [-0.25, -0.2) is 8.78 Å². The molecule has 0 radical (unpaired) electrons. The number of rotatable bonds is 3. The molecular weight excluding hydrogens is 200 g/mol. The molecule has 80 valence electrons. The van der Waals surface area contributed by atoms with Crippen LogP contribution in [0.1, 0.15) is 5.56 Å². The van der Waals surface area contributed by atoms with Crippen LogP contribution in [0.3, 0.4) is 0 Å². The zero-order chi connectivity index (χ0) is 11.4. The van der Waals surface area contributed by atoms with Gasteiger partial charge in [-0.2, -0.15) is 0 Å². The summed E-state index contributed by atoms with van der Waals surface area (Å²) in [6, 6.07) is 3.27. The highest BCUT2D eigenvalue weighted by molar-refractivity contribution is 5.86. The first kappa shape index (κ1) is 11.4. The Morgan fingerprint density at radius 1 is 1.53 bits per heavy atom. The zero-order valence-electron chi connectivity index (χ0n) is 8.34. The van der Waals surface area contributed by atoms with E-state index in [1.54, 1.807) is 0 Å². The van der Waals surface area contributed by atoms with E-state index in [2.05, 4.69) is 6.58 Å². The van der Waals surface area contributed by atoms with Gasteiger partial charge in [0.2, 0.25) is 5.91 Å². The number of hydrogen-bond donors (Lipinski definition) is 0. The first-order valence-corrected chi connectivity index (χ1v) is 4.36. The predicted molar refractivity (Wildman–Crippen MR) is 53.0 cm³/mol. The quantitative estimate of drug-likeness (QED) is 0.701. The van der Waals surface area contributed by atoms with Crippen LogP contribution in [0.2, 0.25) is 0 Å². The van der Waals surface area contributed by atoms with E-state index in [4.69, 9.17) is 0 Å². The van der Waals surface area contributed by atoms with Crippen LogP contribution in [0.5, 0.6) is 0 Å². The third-order valence-electron chi connectivity index (χ3n) is 1.97. The summed E-state index contributed by atoms with van der Waals surface area (Å²) >= 11 is 0. The number of carbonyl (C=O) groups is 1. The molecule has 1 aromatic carbocycles. The van der Waals surface area contributed by atoms with E-state index in [0.29, 0.717) is 0 Å². The second-order valence-electron chi connectivity index (χ2n) is 3.13. The Kier molecular flexibility index (Phi) is 3.55. The van der Waals surface area contributed by atoms with Crippen molar-refractivity contribution < 1.29 is 13.6 Å². The minimum Gasteiger partial charge on any atom is -0.338 e. The Bertz CT molecular complexity index is 390. The lowest BCUT2D eigenvalue weighted by molar-refractivity contribution is -0.125. The molecule has 0 saturated heterocycles. The lowest BCUT2D eigenvalue weighted by atomic mass is 10.2. The fourth-order valence-electron chi connectivity index (χ4n) is 1.14. The summed E-state index contributed by atoms with van der Waals surface area (Å²) in [5.41, 5.74) is 0.272. The molecule has 0 aliphatic carbocycles. The van der Waals surface area contributed by atoms with Crippen molar-refractivity contribution in [2.75, 3.05) is 7.05 Å². The molecule has 2 nitrogen and oxygen atoms in total. The van der Waals surface area contributed by atoms with Gasteiger partial charge in [0.1, 0.15) is 11.6 Å². The maximum Gasteiger partial charge on any atom is 0.245 e. The van der Waals surface area contributed by atoms with Crippen LogP contribution in [0.4, 0.5) is 8.78 Å². The number of nitrogens with zero attached hydrogens (tertiary/aromatic N) is 1. The molecule has 0 saturated carbocycles. The summed E-state index contributed by atoms with van der Waals surface area (Å²) in [6.07, 6.45) is 1.14. The Morgan fingerprint density at radius 3 is 2.73 bits per heavy atom. The van der Waals surface area contributed by atoms with Crippen molar-refractivity contribution in [2.24, 2.45) is 0 Å². The van der Waals surface area contributed by atoms with Gasteiger partial charge in [-0.15, -0.1) is 0 Å². The molecule has 1 amide bonds. The number of likely N-dealkylation sites (N-methyl/N-ethyl adjacent to an activating group) is 1. The number of benzene rings is 1. The number of halogens is 2. The maximum absolute atomic E-state index is 13.2. The summed E-state index contributed by atoms with van der Waals surface area (Å²) in [5.74, 6) is -1.59. The second kappa shape index (κ2) is 4.68. The lowest BCUT2D eigenvalue weighted by Crippen LogP contribution is -2.24. The number of hydrogen-bond acceptors (Lipinski definition) is 1. The van der Waals surface area contributed by atoms with Crippen LogP contribution in [0.15, 0.2) is 30.9 Å². The first-order chi connectivity index (χ1) is 7.04. The van der Waals surface area contributed by atoms with Crippen LogP contribution in [0.25, 0.3) is 0 Å². The van der Waals surface area contributed by atoms with Crippen LogP contribution >= 0.6 is 0 Å².